The molecule has 4 rings (SSSR count). The molecule has 2 aliphatic rings. The minimum absolute atomic E-state index is 0.160. The number of aliphatic hydroxyl groups is 1. The van der Waals surface area contributed by atoms with Gasteiger partial charge in [-0.3, -0.25) is 4.79 Å². The number of ether oxygens (including phenoxy) is 1. The van der Waals surface area contributed by atoms with Gasteiger partial charge in [-0.15, -0.1) is 0 Å². The van der Waals surface area contributed by atoms with Gasteiger partial charge in [0.15, 0.2) is 5.76 Å². The molecule has 1 N–H and O–H groups in total. The van der Waals surface area contributed by atoms with Crippen LogP contribution in [0.5, 0.6) is 0 Å². The number of carbonyl (C=O) groups is 1. The van der Waals surface area contributed by atoms with Crippen molar-refractivity contribution in [1.82, 2.24) is 14.5 Å². The van der Waals surface area contributed by atoms with Crippen LogP contribution in [0.25, 0.3) is 5.57 Å². The van der Waals surface area contributed by atoms with Gasteiger partial charge in [0.2, 0.25) is 0 Å². The SMILES string of the molecule is O=C1C(O)=C(c2ccccc2)C(C2CCC=CO2)N1CCCn1ccnc1. The topological polar surface area (TPSA) is 67.6 Å². The number of imidazole rings is 1. The molecule has 2 aliphatic heterocycles. The minimum atomic E-state index is -0.317. The summed E-state index contributed by atoms with van der Waals surface area (Å²) in [4.78, 5) is 18.7. The quantitative estimate of drug-likeness (QED) is 0.854. The summed E-state index contributed by atoms with van der Waals surface area (Å²) in [6.45, 7) is 1.31. The second-order valence-electron chi connectivity index (χ2n) is 6.85. The van der Waals surface area contributed by atoms with Crippen molar-refractivity contribution in [2.24, 2.45) is 0 Å². The smallest absolute Gasteiger partial charge is 0.289 e. The molecule has 0 radical (unpaired) electrons. The first-order valence-corrected chi connectivity index (χ1v) is 9.31. The third-order valence-electron chi connectivity index (χ3n) is 5.13. The van der Waals surface area contributed by atoms with E-state index in [2.05, 4.69) is 4.98 Å². The highest BCUT2D eigenvalue weighted by atomic mass is 16.5. The molecular weight excluding hydrogens is 342 g/mol. The van der Waals surface area contributed by atoms with Gasteiger partial charge >= 0.3 is 0 Å². The maximum atomic E-state index is 12.9. The Bertz CT molecular complexity index is 843. The van der Waals surface area contributed by atoms with E-state index in [0.29, 0.717) is 12.1 Å². The molecule has 6 nitrogen and oxygen atoms in total. The van der Waals surface area contributed by atoms with Crippen LogP contribution in [0.2, 0.25) is 0 Å². The highest BCUT2D eigenvalue weighted by Crippen LogP contribution is 2.37. The Balaban J connectivity index is 1.59. The molecule has 0 saturated heterocycles. The fourth-order valence-electron chi connectivity index (χ4n) is 3.85. The van der Waals surface area contributed by atoms with Crippen LogP contribution in [-0.4, -0.2) is 44.2 Å². The number of aryl methyl sites for hydroxylation is 1. The molecule has 0 spiro atoms. The van der Waals surface area contributed by atoms with Crippen LogP contribution in [-0.2, 0) is 16.1 Å². The van der Waals surface area contributed by atoms with E-state index in [1.165, 1.54) is 0 Å². The number of carbonyl (C=O) groups excluding carboxylic acids is 1. The Morgan fingerprint density at radius 1 is 1.22 bits per heavy atom. The summed E-state index contributed by atoms with van der Waals surface area (Å²) in [6, 6.07) is 9.34. The first-order chi connectivity index (χ1) is 13.3. The zero-order chi connectivity index (χ0) is 18.6. The van der Waals surface area contributed by atoms with Gasteiger partial charge in [0, 0.05) is 31.1 Å². The van der Waals surface area contributed by atoms with Gasteiger partial charge in [-0.05, 0) is 30.9 Å². The van der Waals surface area contributed by atoms with E-state index >= 15 is 0 Å². The van der Waals surface area contributed by atoms with Crippen molar-refractivity contribution in [3.63, 3.8) is 0 Å². The molecule has 3 heterocycles. The van der Waals surface area contributed by atoms with Crippen LogP contribution >= 0.6 is 0 Å². The lowest BCUT2D eigenvalue weighted by atomic mass is 9.92. The molecule has 140 valence electrons. The molecular formula is C21H23N3O3. The first-order valence-electron chi connectivity index (χ1n) is 9.31. The lowest BCUT2D eigenvalue weighted by Crippen LogP contribution is -2.45. The van der Waals surface area contributed by atoms with Crippen molar-refractivity contribution in [2.75, 3.05) is 6.54 Å². The van der Waals surface area contributed by atoms with Gasteiger partial charge in [0.1, 0.15) is 6.10 Å². The van der Waals surface area contributed by atoms with Gasteiger partial charge in [0.05, 0.1) is 18.6 Å². The molecule has 2 atom stereocenters. The van der Waals surface area contributed by atoms with Crippen molar-refractivity contribution in [1.29, 1.82) is 0 Å². The molecule has 27 heavy (non-hydrogen) atoms. The van der Waals surface area contributed by atoms with E-state index in [0.717, 1.165) is 31.4 Å². The van der Waals surface area contributed by atoms with Gasteiger partial charge in [-0.2, -0.15) is 0 Å². The number of aromatic nitrogens is 2. The number of aliphatic hydroxyl groups excluding tert-OH is 1. The monoisotopic (exact) mass is 365 g/mol. The predicted octanol–water partition coefficient (Wildman–Crippen LogP) is 3.15. The number of amides is 1. The highest BCUT2D eigenvalue weighted by molar-refractivity contribution is 6.05. The molecule has 1 aromatic heterocycles. The summed E-state index contributed by atoms with van der Waals surface area (Å²) in [5, 5.41) is 10.7. The predicted molar refractivity (Wildman–Crippen MR) is 102 cm³/mol. The zero-order valence-electron chi connectivity index (χ0n) is 15.1. The minimum Gasteiger partial charge on any atom is -0.503 e. The lowest BCUT2D eigenvalue weighted by molar-refractivity contribution is -0.131. The Kier molecular flexibility index (Phi) is 4.96. The van der Waals surface area contributed by atoms with Crippen molar-refractivity contribution < 1.29 is 14.6 Å². The van der Waals surface area contributed by atoms with E-state index in [4.69, 9.17) is 4.74 Å². The molecule has 0 bridgehead atoms. The third kappa shape index (κ3) is 3.47. The number of rotatable bonds is 6. The summed E-state index contributed by atoms with van der Waals surface area (Å²) < 4.78 is 7.84. The largest absolute Gasteiger partial charge is 0.503 e. The maximum Gasteiger partial charge on any atom is 0.289 e. The van der Waals surface area contributed by atoms with Crippen LogP contribution in [0, 0.1) is 0 Å². The first kappa shape index (κ1) is 17.4. The van der Waals surface area contributed by atoms with Gasteiger partial charge in [-0.1, -0.05) is 30.3 Å². The number of allylic oxidation sites excluding steroid dienone is 1. The molecule has 0 saturated carbocycles. The standard InChI is InChI=1S/C21H23N3O3/c25-20-18(16-7-2-1-3-8-16)19(17-9-4-5-14-27-17)24(21(20)26)12-6-11-23-13-10-22-15-23/h1-3,5,7-8,10,13-15,17,19,25H,4,6,9,11-12H2. The van der Waals surface area contributed by atoms with Crippen molar-refractivity contribution in [2.45, 2.75) is 38.0 Å². The van der Waals surface area contributed by atoms with E-state index in [1.807, 2.05) is 47.2 Å². The van der Waals surface area contributed by atoms with Crippen LogP contribution < -0.4 is 0 Å². The third-order valence-corrected chi connectivity index (χ3v) is 5.13. The summed E-state index contributed by atoms with van der Waals surface area (Å²) in [5.41, 5.74) is 1.53. The number of benzene rings is 1. The number of hydrogen-bond donors (Lipinski definition) is 1. The summed E-state index contributed by atoms with van der Waals surface area (Å²) >= 11 is 0. The average Bonchev–Trinajstić information content (AvgIpc) is 3.31. The Labute approximate surface area is 158 Å². The summed E-state index contributed by atoms with van der Waals surface area (Å²) in [7, 11) is 0. The fraction of sp³-hybridized carbons (Fsp3) is 0.333. The summed E-state index contributed by atoms with van der Waals surface area (Å²) in [6.07, 6.45) is 11.4. The molecule has 2 unspecified atom stereocenters. The highest BCUT2D eigenvalue weighted by Gasteiger charge is 2.44. The zero-order valence-corrected chi connectivity index (χ0v) is 15.1. The second-order valence-corrected chi connectivity index (χ2v) is 6.85. The average molecular weight is 365 g/mol. The van der Waals surface area contributed by atoms with Gasteiger partial charge in [-0.25, -0.2) is 4.98 Å². The van der Waals surface area contributed by atoms with Crippen molar-refractivity contribution in [3.05, 3.63) is 72.7 Å². The van der Waals surface area contributed by atoms with E-state index in [-0.39, 0.29) is 23.8 Å². The van der Waals surface area contributed by atoms with Crippen LogP contribution in [0.4, 0.5) is 0 Å². The van der Waals surface area contributed by atoms with Crippen molar-refractivity contribution in [3.8, 4) is 0 Å². The van der Waals surface area contributed by atoms with Crippen molar-refractivity contribution >= 4 is 11.5 Å². The number of nitrogens with zero attached hydrogens (tertiary/aromatic N) is 3. The molecule has 0 fully saturated rings. The van der Waals surface area contributed by atoms with E-state index in [9.17, 15) is 9.90 Å². The van der Waals surface area contributed by atoms with E-state index in [1.54, 1.807) is 23.7 Å². The van der Waals surface area contributed by atoms with Gasteiger partial charge < -0.3 is 19.3 Å². The molecule has 2 aromatic rings. The molecule has 6 heteroatoms. The normalized spacial score (nSPS) is 22.4. The summed E-state index contributed by atoms with van der Waals surface area (Å²) in [5.74, 6) is -0.477. The second kappa shape index (κ2) is 7.70. The molecule has 1 aromatic carbocycles. The molecule has 1 amide bonds. The Morgan fingerprint density at radius 2 is 2.07 bits per heavy atom. The fourth-order valence-corrected chi connectivity index (χ4v) is 3.85. The van der Waals surface area contributed by atoms with E-state index < -0.39 is 0 Å². The van der Waals surface area contributed by atoms with Gasteiger partial charge in [0.25, 0.3) is 5.91 Å². The van der Waals surface area contributed by atoms with Crippen LogP contribution in [0.15, 0.2) is 67.2 Å². The van der Waals surface area contributed by atoms with Crippen LogP contribution in [0.3, 0.4) is 0 Å². The Hall–Kier alpha value is -3.02. The maximum absolute atomic E-state index is 12.9. The lowest BCUT2D eigenvalue weighted by Gasteiger charge is -2.34. The Morgan fingerprint density at radius 3 is 2.78 bits per heavy atom. The van der Waals surface area contributed by atoms with Crippen LogP contribution in [0.1, 0.15) is 24.8 Å². The molecule has 0 aliphatic carbocycles. The number of hydrogen-bond acceptors (Lipinski definition) is 4.